The maximum atomic E-state index is 5.73. The zero-order chi connectivity index (χ0) is 11.8. The van der Waals surface area contributed by atoms with E-state index < -0.39 is 3.79 Å². The Morgan fingerprint density at radius 3 is 2.12 bits per heavy atom. The van der Waals surface area contributed by atoms with Crippen molar-refractivity contribution in [2.75, 3.05) is 0 Å². The molecule has 0 saturated carbocycles. The van der Waals surface area contributed by atoms with Crippen LogP contribution in [0.5, 0.6) is 0 Å². The van der Waals surface area contributed by atoms with Crippen molar-refractivity contribution < 1.29 is 4.42 Å². The van der Waals surface area contributed by atoms with Gasteiger partial charge in [0.25, 0.3) is 0 Å². The van der Waals surface area contributed by atoms with E-state index in [9.17, 15) is 0 Å². The quantitative estimate of drug-likeness (QED) is 0.705. The summed E-state index contributed by atoms with van der Waals surface area (Å²) in [4.78, 5) is 3.97. The molecular formula is C10H5Cl4NO. The molecule has 2 nitrogen and oxygen atoms in total. The van der Waals surface area contributed by atoms with Crippen LogP contribution in [0.1, 0.15) is 5.56 Å². The molecule has 16 heavy (non-hydrogen) atoms. The fourth-order valence-corrected chi connectivity index (χ4v) is 1.69. The van der Waals surface area contributed by atoms with Crippen LogP contribution in [-0.2, 0) is 3.79 Å². The molecule has 0 spiro atoms. The van der Waals surface area contributed by atoms with E-state index in [0.717, 1.165) is 5.56 Å². The fourth-order valence-electron chi connectivity index (χ4n) is 1.19. The second-order valence-corrected chi connectivity index (χ2v) is 5.72. The molecule has 2 aromatic rings. The summed E-state index contributed by atoms with van der Waals surface area (Å²) in [6.45, 7) is 0. The molecule has 0 unspecified atom stereocenters. The number of benzene rings is 1. The van der Waals surface area contributed by atoms with Crippen LogP contribution in [0.4, 0.5) is 0 Å². The van der Waals surface area contributed by atoms with Gasteiger partial charge in [-0.1, -0.05) is 58.5 Å². The Balaban J connectivity index is 2.33. The second kappa shape index (κ2) is 4.46. The normalized spacial score (nSPS) is 11.8. The molecule has 1 aromatic carbocycles. The van der Waals surface area contributed by atoms with E-state index in [2.05, 4.69) is 4.98 Å². The van der Waals surface area contributed by atoms with Crippen LogP contribution in [0.15, 0.2) is 34.9 Å². The van der Waals surface area contributed by atoms with Crippen molar-refractivity contribution >= 4 is 46.4 Å². The first-order valence-corrected chi connectivity index (χ1v) is 5.76. The molecule has 0 N–H and O–H groups in total. The minimum Gasteiger partial charge on any atom is -0.443 e. The van der Waals surface area contributed by atoms with Gasteiger partial charge in [-0.25, -0.2) is 0 Å². The SMILES string of the molecule is Clc1coc(-c2ccc(C(Cl)(Cl)Cl)cc2)n1. The van der Waals surface area contributed by atoms with E-state index in [-0.39, 0.29) is 0 Å². The zero-order valence-corrected chi connectivity index (χ0v) is 10.8. The lowest BCUT2D eigenvalue weighted by molar-refractivity contribution is 0.574. The Labute approximate surface area is 112 Å². The van der Waals surface area contributed by atoms with Crippen molar-refractivity contribution in [2.45, 2.75) is 3.79 Å². The molecule has 0 aliphatic rings. The van der Waals surface area contributed by atoms with Crippen LogP contribution < -0.4 is 0 Å². The van der Waals surface area contributed by atoms with Crippen molar-refractivity contribution in [3.8, 4) is 11.5 Å². The molecule has 0 saturated heterocycles. The van der Waals surface area contributed by atoms with Gasteiger partial charge in [-0.15, -0.1) is 0 Å². The third kappa shape index (κ3) is 2.64. The molecule has 0 aliphatic heterocycles. The largest absolute Gasteiger partial charge is 0.443 e. The highest BCUT2D eigenvalue weighted by Crippen LogP contribution is 2.38. The van der Waals surface area contributed by atoms with Crippen LogP contribution in [-0.4, -0.2) is 4.98 Å². The Hall–Kier alpha value is -0.410. The first-order chi connectivity index (χ1) is 7.47. The highest BCUT2D eigenvalue weighted by Gasteiger charge is 2.22. The van der Waals surface area contributed by atoms with Crippen molar-refractivity contribution in [2.24, 2.45) is 0 Å². The minimum absolute atomic E-state index is 0.306. The van der Waals surface area contributed by atoms with Crippen molar-refractivity contribution in [1.82, 2.24) is 4.98 Å². The fraction of sp³-hybridized carbons (Fsp3) is 0.100. The number of aromatic nitrogens is 1. The average molecular weight is 297 g/mol. The lowest BCUT2D eigenvalue weighted by Gasteiger charge is -2.10. The maximum Gasteiger partial charge on any atom is 0.227 e. The summed E-state index contributed by atoms with van der Waals surface area (Å²) in [5.74, 6) is 0.431. The lowest BCUT2D eigenvalue weighted by atomic mass is 10.1. The van der Waals surface area contributed by atoms with E-state index in [4.69, 9.17) is 50.8 Å². The van der Waals surface area contributed by atoms with Crippen molar-refractivity contribution in [3.05, 3.63) is 41.2 Å². The summed E-state index contributed by atoms with van der Waals surface area (Å²) in [5.41, 5.74) is 1.35. The monoisotopic (exact) mass is 295 g/mol. The Bertz CT molecular complexity index is 486. The van der Waals surface area contributed by atoms with Gasteiger partial charge in [0.15, 0.2) is 5.15 Å². The number of nitrogens with zero attached hydrogens (tertiary/aromatic N) is 1. The molecule has 1 aromatic heterocycles. The molecule has 6 heteroatoms. The van der Waals surface area contributed by atoms with Gasteiger partial charge in [-0.2, -0.15) is 4.98 Å². The highest BCUT2D eigenvalue weighted by atomic mass is 35.6. The van der Waals surface area contributed by atoms with Gasteiger partial charge in [0.1, 0.15) is 6.26 Å². The molecule has 1 heterocycles. The number of halogens is 4. The number of hydrogen-bond donors (Lipinski definition) is 0. The van der Waals surface area contributed by atoms with Crippen molar-refractivity contribution in [1.29, 1.82) is 0 Å². The molecule has 0 amide bonds. The van der Waals surface area contributed by atoms with Gasteiger partial charge in [0, 0.05) is 11.1 Å². The number of rotatable bonds is 1. The molecule has 2 rings (SSSR count). The average Bonchev–Trinajstić information content (AvgIpc) is 2.64. The van der Waals surface area contributed by atoms with Gasteiger partial charge >= 0.3 is 0 Å². The molecule has 0 radical (unpaired) electrons. The van der Waals surface area contributed by atoms with E-state index in [1.807, 2.05) is 0 Å². The van der Waals surface area contributed by atoms with Gasteiger partial charge in [-0.3, -0.25) is 0 Å². The summed E-state index contributed by atoms with van der Waals surface area (Å²) < 4.78 is 3.71. The summed E-state index contributed by atoms with van der Waals surface area (Å²) in [6, 6.07) is 6.89. The second-order valence-electron chi connectivity index (χ2n) is 3.05. The van der Waals surface area contributed by atoms with Crippen LogP contribution in [0.3, 0.4) is 0 Å². The number of alkyl halides is 3. The zero-order valence-electron chi connectivity index (χ0n) is 7.75. The molecule has 0 atom stereocenters. The van der Waals surface area contributed by atoms with Gasteiger partial charge in [0.05, 0.1) is 0 Å². The Kier molecular flexibility index (Phi) is 3.36. The standard InChI is InChI=1S/C10H5Cl4NO/c11-8-5-16-9(15-8)6-1-3-7(4-2-6)10(12,13)14/h1-5H. The van der Waals surface area contributed by atoms with Crippen LogP contribution in [0.2, 0.25) is 5.15 Å². The maximum absolute atomic E-state index is 5.73. The molecule has 84 valence electrons. The third-order valence-electron chi connectivity index (χ3n) is 1.94. The first kappa shape index (κ1) is 12.1. The summed E-state index contributed by atoms with van der Waals surface area (Å²) in [7, 11) is 0. The minimum atomic E-state index is -1.42. The highest BCUT2D eigenvalue weighted by molar-refractivity contribution is 6.66. The van der Waals surface area contributed by atoms with E-state index in [1.165, 1.54) is 6.26 Å². The summed E-state index contributed by atoms with van der Waals surface area (Å²) in [6.07, 6.45) is 1.36. The smallest absolute Gasteiger partial charge is 0.227 e. The van der Waals surface area contributed by atoms with Crippen molar-refractivity contribution in [3.63, 3.8) is 0 Å². The predicted octanol–water partition coefficient (Wildman–Crippen LogP) is 4.82. The summed E-state index contributed by atoms with van der Waals surface area (Å²) >= 11 is 22.8. The first-order valence-electron chi connectivity index (χ1n) is 4.25. The number of oxazole rings is 1. The third-order valence-corrected chi connectivity index (χ3v) is 2.76. The molecular weight excluding hydrogens is 292 g/mol. The van der Waals surface area contributed by atoms with Gasteiger partial charge < -0.3 is 4.42 Å². The van der Waals surface area contributed by atoms with Crippen LogP contribution in [0.25, 0.3) is 11.5 Å². The van der Waals surface area contributed by atoms with Crippen LogP contribution >= 0.6 is 46.4 Å². The molecule has 0 fully saturated rings. The summed E-state index contributed by atoms with van der Waals surface area (Å²) in [5, 5.41) is 0.306. The van der Waals surface area contributed by atoms with E-state index in [1.54, 1.807) is 24.3 Å². The van der Waals surface area contributed by atoms with Gasteiger partial charge in [0.2, 0.25) is 9.68 Å². The lowest BCUT2D eigenvalue weighted by Crippen LogP contribution is -1.98. The Morgan fingerprint density at radius 1 is 1.06 bits per heavy atom. The Morgan fingerprint density at radius 2 is 1.69 bits per heavy atom. The van der Waals surface area contributed by atoms with Crippen LogP contribution in [0, 0.1) is 0 Å². The number of hydrogen-bond acceptors (Lipinski definition) is 2. The topological polar surface area (TPSA) is 26.0 Å². The van der Waals surface area contributed by atoms with Gasteiger partial charge in [-0.05, 0) is 12.1 Å². The predicted molar refractivity (Wildman–Crippen MR) is 66.2 cm³/mol. The molecule has 0 aliphatic carbocycles. The van der Waals surface area contributed by atoms with E-state index >= 15 is 0 Å². The van der Waals surface area contributed by atoms with E-state index in [0.29, 0.717) is 16.6 Å². The molecule has 0 bridgehead atoms.